The summed E-state index contributed by atoms with van der Waals surface area (Å²) < 4.78 is 0. The van der Waals surface area contributed by atoms with Crippen LogP contribution in [0.5, 0.6) is 0 Å². The van der Waals surface area contributed by atoms with Gasteiger partial charge >= 0.3 is 0 Å². The third-order valence-corrected chi connectivity index (χ3v) is 20.5. The van der Waals surface area contributed by atoms with Gasteiger partial charge in [-0.05, 0) is 142 Å². The summed E-state index contributed by atoms with van der Waals surface area (Å²) in [5.74, 6) is 1.10. The van der Waals surface area contributed by atoms with Gasteiger partial charge in [-0.3, -0.25) is 0 Å². The minimum absolute atomic E-state index is 0.0442. The predicted octanol–water partition coefficient (Wildman–Crippen LogP) is 21.8. The summed E-state index contributed by atoms with van der Waals surface area (Å²) in [7, 11) is 0. The van der Waals surface area contributed by atoms with Crippen molar-refractivity contribution in [3.63, 3.8) is 0 Å². The second kappa shape index (κ2) is 21.5. The molecule has 442 valence electrons. The van der Waals surface area contributed by atoms with Crippen molar-refractivity contribution >= 4 is 62.8 Å². The quantitative estimate of drug-likeness (QED) is 0.140. The largest absolute Gasteiger partial charge is 0.310 e. The van der Waals surface area contributed by atoms with Gasteiger partial charge in [0.25, 0.3) is 6.71 Å². The van der Waals surface area contributed by atoms with Crippen LogP contribution in [0.2, 0.25) is 0 Å². The number of nitrogens with zero attached hydrogens (tertiary/aromatic N) is 2. The highest BCUT2D eigenvalue weighted by Gasteiger charge is 2.48. The molecule has 4 aliphatic carbocycles. The van der Waals surface area contributed by atoms with Gasteiger partial charge in [0.1, 0.15) is 0 Å². The molecule has 0 fully saturated rings. The third kappa shape index (κ3) is 9.53. The number of hydrogen-bond donors (Lipinski definition) is 0. The molecule has 2 nitrogen and oxygen atoms in total. The van der Waals surface area contributed by atoms with Crippen molar-refractivity contribution in [3.8, 4) is 55.6 Å². The van der Waals surface area contributed by atoms with Crippen molar-refractivity contribution < 1.29 is 0 Å². The molecule has 2 heterocycles. The summed E-state index contributed by atoms with van der Waals surface area (Å²) in [5.41, 5.74) is 33.6. The van der Waals surface area contributed by atoms with Crippen LogP contribution in [0.25, 0.3) is 61.2 Å². The van der Waals surface area contributed by atoms with E-state index < -0.39 is 0 Å². The molecule has 0 N–H and O–H groups in total. The molecule has 0 aromatic heterocycles. The molecular weight excluding hydrogens is 1100 g/mol. The van der Waals surface area contributed by atoms with E-state index in [-0.39, 0.29) is 28.9 Å². The normalized spacial score (nSPS) is 17.9. The van der Waals surface area contributed by atoms with Gasteiger partial charge in [0, 0.05) is 56.8 Å². The predicted molar refractivity (Wildman–Crippen MR) is 389 cm³/mol. The maximum Gasteiger partial charge on any atom is 0.252 e. The first-order valence-electron chi connectivity index (χ1n) is 32.9. The molecule has 3 heteroatoms. The summed E-state index contributed by atoms with van der Waals surface area (Å²) in [4.78, 5) is 5.41. The van der Waals surface area contributed by atoms with Crippen molar-refractivity contribution in [1.29, 1.82) is 0 Å². The van der Waals surface area contributed by atoms with Crippen LogP contribution in [-0.2, 0) is 5.41 Å². The molecule has 0 saturated heterocycles. The molecular formula is C88H77BN2. The van der Waals surface area contributed by atoms with Crippen LogP contribution < -0.4 is 26.2 Å². The fourth-order valence-corrected chi connectivity index (χ4v) is 15.8. The lowest BCUT2D eigenvalue weighted by Gasteiger charge is -2.48. The van der Waals surface area contributed by atoms with Crippen LogP contribution in [0.1, 0.15) is 79.9 Å². The lowest BCUT2D eigenvalue weighted by atomic mass is 9.33. The van der Waals surface area contributed by atoms with Crippen LogP contribution in [0, 0.1) is 28.6 Å². The van der Waals surface area contributed by atoms with Gasteiger partial charge in [-0.1, -0.05) is 317 Å². The van der Waals surface area contributed by atoms with Crippen molar-refractivity contribution in [2.45, 2.75) is 74.1 Å². The van der Waals surface area contributed by atoms with E-state index in [1.807, 2.05) is 0 Å². The molecule has 0 saturated carbocycles. The molecule has 3 unspecified atom stereocenters. The van der Waals surface area contributed by atoms with Crippen LogP contribution in [-0.4, -0.2) is 6.71 Å². The summed E-state index contributed by atoms with van der Waals surface area (Å²) >= 11 is 0. The Labute approximate surface area is 539 Å². The smallest absolute Gasteiger partial charge is 0.252 e. The number of allylic oxidation sites excluding steroid dienone is 12. The summed E-state index contributed by atoms with van der Waals surface area (Å²) in [6, 6.07) is 89.5. The van der Waals surface area contributed by atoms with E-state index >= 15 is 0 Å². The molecule has 0 bridgehead atoms. The van der Waals surface area contributed by atoms with Crippen molar-refractivity contribution in [2.24, 2.45) is 28.6 Å². The zero-order valence-corrected chi connectivity index (χ0v) is 53.9. The van der Waals surface area contributed by atoms with Gasteiger partial charge in [0.15, 0.2) is 0 Å². The first-order valence-corrected chi connectivity index (χ1v) is 32.9. The Kier molecular flexibility index (Phi) is 13.4. The average molecular weight is 1170 g/mol. The van der Waals surface area contributed by atoms with E-state index in [4.69, 9.17) is 0 Å². The van der Waals surface area contributed by atoms with Gasteiger partial charge in [0.2, 0.25) is 0 Å². The minimum atomic E-state index is -0.252. The third-order valence-electron chi connectivity index (χ3n) is 20.5. The number of fused-ring (bicyclic) bond motifs is 4. The number of para-hydroxylation sites is 2. The Morgan fingerprint density at radius 1 is 0.374 bits per heavy atom. The molecule has 0 amide bonds. The van der Waals surface area contributed by atoms with Crippen molar-refractivity contribution in [2.75, 3.05) is 9.80 Å². The fraction of sp³-hybridized carbons (Fsp3) is 0.182. The Balaban J connectivity index is 1.06. The topological polar surface area (TPSA) is 6.48 Å². The van der Waals surface area contributed by atoms with Gasteiger partial charge in [-0.25, -0.2) is 0 Å². The number of rotatable bonds is 8. The lowest BCUT2D eigenvalue weighted by Crippen LogP contribution is -2.61. The summed E-state index contributed by atoms with van der Waals surface area (Å²) in [6.07, 6.45) is 16.6. The highest BCUT2D eigenvalue weighted by molar-refractivity contribution is 7.00. The van der Waals surface area contributed by atoms with E-state index in [9.17, 15) is 0 Å². The average Bonchev–Trinajstić information content (AvgIpc) is 0.740. The summed E-state index contributed by atoms with van der Waals surface area (Å²) in [5, 5.41) is 0. The van der Waals surface area contributed by atoms with Gasteiger partial charge < -0.3 is 9.80 Å². The van der Waals surface area contributed by atoms with E-state index in [0.717, 1.165) is 12.1 Å². The fourth-order valence-electron chi connectivity index (χ4n) is 15.8. The van der Waals surface area contributed by atoms with Crippen LogP contribution in [0.3, 0.4) is 0 Å². The Morgan fingerprint density at radius 2 is 0.868 bits per heavy atom. The Hall–Kier alpha value is -9.70. The van der Waals surface area contributed by atoms with Crippen molar-refractivity contribution in [3.05, 3.63) is 312 Å². The number of hydrogen-bond acceptors (Lipinski definition) is 2. The second-order valence-corrected chi connectivity index (χ2v) is 29.2. The van der Waals surface area contributed by atoms with E-state index in [1.165, 1.54) is 145 Å². The molecule has 0 radical (unpaired) electrons. The molecule has 91 heavy (non-hydrogen) atoms. The maximum atomic E-state index is 2.71. The lowest BCUT2D eigenvalue weighted by molar-refractivity contribution is 0.328. The molecule has 10 aromatic rings. The number of anilines is 6. The molecule has 6 aliphatic rings. The second-order valence-electron chi connectivity index (χ2n) is 29.2. The van der Waals surface area contributed by atoms with Crippen molar-refractivity contribution in [1.82, 2.24) is 0 Å². The van der Waals surface area contributed by atoms with E-state index in [2.05, 4.69) is 345 Å². The molecule has 3 atom stereocenters. The minimum Gasteiger partial charge on any atom is -0.310 e. The van der Waals surface area contributed by atoms with Gasteiger partial charge in [-0.2, -0.15) is 0 Å². The van der Waals surface area contributed by atoms with E-state index in [0.29, 0.717) is 11.8 Å². The highest BCUT2D eigenvalue weighted by Crippen LogP contribution is 2.59. The first kappa shape index (κ1) is 56.5. The van der Waals surface area contributed by atoms with Crippen LogP contribution in [0.15, 0.2) is 301 Å². The SMILES string of the molecule is CC(C)(C)C1=CC2=C(c3ccc4c(c3)B3c5ccc(-c6ccccc6)cc5N(c5c(-c6ccccc6)cccc5-c5ccccc5)c5cc(C(C)(C)C)cc(c53)N4c3c(-c4ccccc4)cccc3-c3ccccc3)C=C3C=C(C(C)(C)C)CC4C=CC(=C1)C2C34. The summed E-state index contributed by atoms with van der Waals surface area (Å²) in [6.45, 7) is 21.4. The van der Waals surface area contributed by atoms with E-state index in [1.54, 1.807) is 0 Å². The number of benzene rings is 10. The van der Waals surface area contributed by atoms with Gasteiger partial charge in [0.05, 0.1) is 11.4 Å². The molecule has 10 aromatic carbocycles. The Morgan fingerprint density at radius 3 is 1.36 bits per heavy atom. The molecule has 2 aliphatic heterocycles. The maximum absolute atomic E-state index is 2.71. The first-order chi connectivity index (χ1) is 44.0. The zero-order valence-electron chi connectivity index (χ0n) is 53.9. The highest BCUT2D eigenvalue weighted by atomic mass is 15.2. The zero-order chi connectivity index (χ0) is 62.1. The van der Waals surface area contributed by atoms with Crippen LogP contribution in [0.4, 0.5) is 34.1 Å². The standard InChI is InChI=1S/C88H77BN2/c1-86(2,3)66-47-63-41-42-64-48-67(87(4,5)6)53-74-73(50-65(49-66)81(63)82(64)74)62-44-46-77-76(51-62)89-75-45-43-61(56-27-15-10-16-28-56)52-78(75)91(85-71(59-33-21-13-22-34-59)39-26-40-72(85)60-35-23-14-24-36-60)80-55-68(88(7,8)9)54-79(83(80)89)90(77)84-69(57-29-17-11-18-30-57)37-25-38-70(84)58-31-19-12-20-32-58/h10-46,48-55,63,81-82H,47H2,1-9H3. The van der Waals surface area contributed by atoms with Crippen LogP contribution >= 0.6 is 0 Å². The molecule has 0 spiro atoms. The Bertz CT molecular complexity index is 4650. The molecule has 16 rings (SSSR count). The monoisotopic (exact) mass is 1170 g/mol. The van der Waals surface area contributed by atoms with Gasteiger partial charge in [-0.15, -0.1) is 0 Å².